The van der Waals surface area contributed by atoms with E-state index in [4.69, 9.17) is 4.55 Å². The van der Waals surface area contributed by atoms with Gasteiger partial charge in [-0.2, -0.15) is 4.37 Å². The van der Waals surface area contributed by atoms with E-state index in [-0.39, 0.29) is 5.75 Å². The summed E-state index contributed by atoms with van der Waals surface area (Å²) in [5, 5.41) is 1.05. The fourth-order valence-corrected chi connectivity index (χ4v) is 3.38. The number of hydrogen-bond acceptors (Lipinski definition) is 4. The average Bonchev–Trinajstić information content (AvgIpc) is 2.66. The summed E-state index contributed by atoms with van der Waals surface area (Å²) in [6.45, 7) is 2.29. The largest absolute Gasteiger partial charge is 0.306 e. The smallest absolute Gasteiger partial charge is 0.160 e. The first-order valence-electron chi connectivity index (χ1n) is 5.55. The molecular weight excluding hydrogens is 244 g/mol. The molecule has 4 nitrogen and oxygen atoms in total. The molecule has 0 aromatic carbocycles. The molecule has 1 unspecified atom stereocenters. The van der Waals surface area contributed by atoms with Crippen molar-refractivity contribution < 1.29 is 8.76 Å². The molecule has 0 bridgehead atoms. The molecule has 1 aliphatic rings. The van der Waals surface area contributed by atoms with Gasteiger partial charge < -0.3 is 4.55 Å². The van der Waals surface area contributed by atoms with Gasteiger partial charge in [0.15, 0.2) is 16.9 Å². The number of hydrogen-bond donors (Lipinski definition) is 1. The van der Waals surface area contributed by atoms with Gasteiger partial charge in [0.2, 0.25) is 0 Å². The summed E-state index contributed by atoms with van der Waals surface area (Å²) in [6, 6.07) is 0. The second-order valence-corrected chi connectivity index (χ2v) is 6.19. The summed E-state index contributed by atoms with van der Waals surface area (Å²) in [5.74, 6) is 1.92. The molecule has 1 aliphatic carbocycles. The van der Waals surface area contributed by atoms with Gasteiger partial charge in [0.05, 0.1) is 0 Å². The van der Waals surface area contributed by atoms with E-state index in [0.29, 0.717) is 11.7 Å². The maximum absolute atomic E-state index is 10.6. The van der Waals surface area contributed by atoms with Crippen LogP contribution in [-0.2, 0) is 16.8 Å². The molecular formula is C10H16N2O2S2. The molecule has 0 aliphatic heterocycles. The Kier molecular flexibility index (Phi) is 4.05. The topological polar surface area (TPSA) is 63.1 Å². The third-order valence-electron chi connectivity index (χ3n) is 3.10. The van der Waals surface area contributed by atoms with Crippen molar-refractivity contribution in [1.29, 1.82) is 0 Å². The minimum atomic E-state index is -1.83. The van der Waals surface area contributed by atoms with Crippen LogP contribution in [0.2, 0.25) is 0 Å². The summed E-state index contributed by atoms with van der Waals surface area (Å²) in [5.41, 5.74) is 0. The van der Waals surface area contributed by atoms with Crippen molar-refractivity contribution in [2.45, 2.75) is 44.3 Å². The molecule has 1 fully saturated rings. The van der Waals surface area contributed by atoms with Crippen molar-refractivity contribution in [3.05, 3.63) is 10.8 Å². The van der Waals surface area contributed by atoms with E-state index in [0.717, 1.165) is 10.9 Å². The van der Waals surface area contributed by atoms with E-state index in [1.807, 2.05) is 0 Å². The Labute approximate surface area is 102 Å². The van der Waals surface area contributed by atoms with Crippen LogP contribution in [0.25, 0.3) is 0 Å². The van der Waals surface area contributed by atoms with Gasteiger partial charge in [-0.05, 0) is 30.3 Å². The van der Waals surface area contributed by atoms with E-state index < -0.39 is 11.1 Å². The van der Waals surface area contributed by atoms with Crippen LogP contribution in [0.3, 0.4) is 0 Å². The highest BCUT2D eigenvalue weighted by atomic mass is 32.2. The first kappa shape index (κ1) is 12.1. The summed E-state index contributed by atoms with van der Waals surface area (Å²) < 4.78 is 23.5. The molecule has 1 aromatic rings. The van der Waals surface area contributed by atoms with Crippen LogP contribution in [0, 0.1) is 5.92 Å². The molecule has 0 radical (unpaired) electrons. The van der Waals surface area contributed by atoms with Crippen molar-refractivity contribution in [1.82, 2.24) is 9.36 Å². The van der Waals surface area contributed by atoms with Crippen molar-refractivity contribution in [2.75, 3.05) is 0 Å². The van der Waals surface area contributed by atoms with Gasteiger partial charge in [0.1, 0.15) is 10.8 Å². The van der Waals surface area contributed by atoms with Crippen LogP contribution in [-0.4, -0.2) is 18.1 Å². The van der Waals surface area contributed by atoms with Gasteiger partial charge in [-0.3, -0.25) is 0 Å². The Bertz CT molecular complexity index is 373. The highest BCUT2D eigenvalue weighted by Gasteiger charge is 2.22. The lowest BCUT2D eigenvalue weighted by Crippen LogP contribution is -2.10. The fourth-order valence-electron chi connectivity index (χ4n) is 2.11. The van der Waals surface area contributed by atoms with Crippen molar-refractivity contribution in [3.8, 4) is 0 Å². The third-order valence-corrected chi connectivity index (χ3v) is 4.52. The minimum absolute atomic E-state index is 0.0552. The molecule has 6 heteroatoms. The maximum Gasteiger partial charge on any atom is 0.160 e. The Morgan fingerprint density at radius 2 is 2.12 bits per heavy atom. The second-order valence-electron chi connectivity index (χ2n) is 4.47. The van der Waals surface area contributed by atoms with Crippen molar-refractivity contribution in [3.63, 3.8) is 0 Å². The van der Waals surface area contributed by atoms with Gasteiger partial charge in [-0.25, -0.2) is 9.19 Å². The van der Waals surface area contributed by atoms with Crippen LogP contribution < -0.4 is 0 Å². The molecule has 90 valence electrons. The van der Waals surface area contributed by atoms with E-state index in [1.165, 1.54) is 37.2 Å². The summed E-state index contributed by atoms with van der Waals surface area (Å²) in [6.07, 6.45) is 4.87. The van der Waals surface area contributed by atoms with Gasteiger partial charge >= 0.3 is 0 Å². The van der Waals surface area contributed by atoms with E-state index in [2.05, 4.69) is 16.3 Å². The molecule has 1 heterocycles. The lowest BCUT2D eigenvalue weighted by atomic mass is 9.83. The van der Waals surface area contributed by atoms with Crippen LogP contribution in [0.1, 0.15) is 49.4 Å². The van der Waals surface area contributed by atoms with Crippen LogP contribution in [0.4, 0.5) is 0 Å². The Morgan fingerprint density at radius 3 is 2.75 bits per heavy atom. The molecule has 1 saturated carbocycles. The zero-order chi connectivity index (χ0) is 11.5. The molecule has 1 N–H and O–H groups in total. The van der Waals surface area contributed by atoms with Crippen LogP contribution in [0.15, 0.2) is 0 Å². The van der Waals surface area contributed by atoms with Gasteiger partial charge in [-0.1, -0.05) is 19.8 Å². The van der Waals surface area contributed by atoms with Crippen molar-refractivity contribution >= 4 is 22.6 Å². The van der Waals surface area contributed by atoms with Crippen molar-refractivity contribution in [2.24, 2.45) is 5.92 Å². The highest BCUT2D eigenvalue weighted by molar-refractivity contribution is 7.78. The summed E-state index contributed by atoms with van der Waals surface area (Å²) in [4.78, 5) is 4.35. The van der Waals surface area contributed by atoms with Gasteiger partial charge in [0, 0.05) is 5.92 Å². The molecule has 1 aromatic heterocycles. The van der Waals surface area contributed by atoms with Crippen LogP contribution in [0.5, 0.6) is 0 Å². The highest BCUT2D eigenvalue weighted by Crippen LogP contribution is 2.36. The predicted molar refractivity (Wildman–Crippen MR) is 64.8 cm³/mol. The molecule has 0 saturated heterocycles. The molecule has 1 atom stereocenters. The molecule has 0 spiro atoms. The minimum Gasteiger partial charge on any atom is -0.306 e. The Hall–Kier alpha value is -0.330. The average molecular weight is 260 g/mol. The van der Waals surface area contributed by atoms with Crippen LogP contribution >= 0.6 is 11.5 Å². The lowest BCUT2D eigenvalue weighted by Gasteiger charge is -2.23. The van der Waals surface area contributed by atoms with E-state index >= 15 is 0 Å². The molecule has 2 rings (SSSR count). The first-order chi connectivity index (χ1) is 7.65. The van der Waals surface area contributed by atoms with Gasteiger partial charge in [0.25, 0.3) is 0 Å². The predicted octanol–water partition coefficient (Wildman–Crippen LogP) is 2.55. The lowest BCUT2D eigenvalue weighted by molar-refractivity contribution is 0.347. The quantitative estimate of drug-likeness (QED) is 0.848. The van der Waals surface area contributed by atoms with E-state index in [1.54, 1.807) is 0 Å². The number of nitrogens with zero attached hydrogens (tertiary/aromatic N) is 2. The maximum atomic E-state index is 10.6. The number of aromatic nitrogens is 2. The Morgan fingerprint density at radius 1 is 1.44 bits per heavy atom. The number of rotatable bonds is 3. The summed E-state index contributed by atoms with van der Waals surface area (Å²) in [7, 11) is 0. The standard InChI is InChI=1S/C10H16N2O2S2/c1-7-2-4-8(5-3-7)10-11-9(12-15-10)6-16(13)14/h7-8H,2-6H2,1H3,(H,13,14). The first-order valence-corrected chi connectivity index (χ1v) is 7.60. The zero-order valence-electron chi connectivity index (χ0n) is 9.26. The normalized spacial score (nSPS) is 27.9. The third kappa shape index (κ3) is 3.09. The zero-order valence-corrected chi connectivity index (χ0v) is 10.9. The molecule has 16 heavy (non-hydrogen) atoms. The SMILES string of the molecule is CC1CCC(c2nc(CS(=O)O)ns2)CC1. The monoisotopic (exact) mass is 260 g/mol. The fraction of sp³-hybridized carbons (Fsp3) is 0.800. The summed E-state index contributed by atoms with van der Waals surface area (Å²) >= 11 is -0.440. The van der Waals surface area contributed by atoms with Gasteiger partial charge in [-0.15, -0.1) is 0 Å². The Balaban J connectivity index is 1.99. The second kappa shape index (κ2) is 5.33. The molecule has 0 amide bonds. The van der Waals surface area contributed by atoms with E-state index in [9.17, 15) is 4.21 Å².